The summed E-state index contributed by atoms with van der Waals surface area (Å²) in [5.41, 5.74) is 3.75. The van der Waals surface area contributed by atoms with Gasteiger partial charge in [-0.25, -0.2) is 0 Å². The van der Waals surface area contributed by atoms with Crippen molar-refractivity contribution in [1.82, 2.24) is 0 Å². The van der Waals surface area contributed by atoms with E-state index in [1.807, 2.05) is 6.92 Å². The van der Waals surface area contributed by atoms with Gasteiger partial charge in [-0.3, -0.25) is 20.3 Å². The van der Waals surface area contributed by atoms with Crippen molar-refractivity contribution < 1.29 is 9.72 Å². The molecule has 0 radical (unpaired) electrons. The van der Waals surface area contributed by atoms with Crippen molar-refractivity contribution in [2.45, 2.75) is 33.6 Å². The predicted octanol–water partition coefficient (Wildman–Crippen LogP) is 3.39. The number of rotatable bonds is 3. The first-order chi connectivity index (χ1) is 10.3. The molecule has 6 heteroatoms. The number of carbonyl (C=O) groups excluding carboxylic acids is 1. The summed E-state index contributed by atoms with van der Waals surface area (Å²) in [4.78, 5) is 22.8. The minimum Gasteiger partial charge on any atom is -0.292 e. The summed E-state index contributed by atoms with van der Waals surface area (Å²) in [6.07, 6.45) is 1.90. The largest absolute Gasteiger partial charge is 0.292 e. The Labute approximate surface area is 128 Å². The van der Waals surface area contributed by atoms with Gasteiger partial charge in [0.15, 0.2) is 5.78 Å². The van der Waals surface area contributed by atoms with E-state index in [1.54, 1.807) is 12.1 Å². The first-order valence-electron chi connectivity index (χ1n) is 7.40. The number of ketones is 1. The maximum absolute atomic E-state index is 12.6. The summed E-state index contributed by atoms with van der Waals surface area (Å²) >= 11 is 0. The highest BCUT2D eigenvalue weighted by Crippen LogP contribution is 2.62. The molecule has 0 heterocycles. The molecule has 0 amide bonds. The Morgan fingerprint density at radius 2 is 1.91 bits per heavy atom. The lowest BCUT2D eigenvalue weighted by atomic mass is 9.70. The minimum atomic E-state index is -0.446. The van der Waals surface area contributed by atoms with Crippen LogP contribution in [0, 0.1) is 26.9 Å². The lowest BCUT2D eigenvalue weighted by Gasteiger charge is -2.31. The lowest BCUT2D eigenvalue weighted by molar-refractivity contribution is -0.384. The van der Waals surface area contributed by atoms with Crippen LogP contribution in [0.5, 0.6) is 0 Å². The summed E-state index contributed by atoms with van der Waals surface area (Å²) in [5.74, 6) is 0.304. The minimum absolute atomic E-state index is 0.0304. The van der Waals surface area contributed by atoms with Crippen LogP contribution in [0.2, 0.25) is 0 Å². The monoisotopic (exact) mass is 301 g/mol. The Balaban J connectivity index is 1.82. The van der Waals surface area contributed by atoms with Crippen LogP contribution >= 0.6 is 0 Å². The highest BCUT2D eigenvalue weighted by Gasteiger charge is 2.65. The Morgan fingerprint density at radius 1 is 1.27 bits per heavy atom. The molecule has 2 atom stereocenters. The third-order valence-corrected chi connectivity index (χ3v) is 5.67. The van der Waals surface area contributed by atoms with Gasteiger partial charge in [0.25, 0.3) is 5.69 Å². The van der Waals surface area contributed by atoms with Crippen molar-refractivity contribution >= 4 is 22.9 Å². The van der Waals surface area contributed by atoms with Gasteiger partial charge in [0.1, 0.15) is 5.71 Å². The van der Waals surface area contributed by atoms with E-state index >= 15 is 0 Å². The summed E-state index contributed by atoms with van der Waals surface area (Å²) < 4.78 is 0. The number of nitrogens with one attached hydrogen (secondary N) is 1. The molecular weight excluding hydrogens is 282 g/mol. The number of hydrogen-bond donors (Lipinski definition) is 1. The molecular formula is C16H19N3O3. The SMILES string of the molecule is CC12CCC(/C(=N\Nc3ccc([N+](=O)[O-])cc3)C1=O)C2(C)C. The number of carbonyl (C=O) groups is 1. The average molecular weight is 301 g/mol. The van der Waals surface area contributed by atoms with Crippen LogP contribution in [-0.4, -0.2) is 16.4 Å². The van der Waals surface area contributed by atoms with Crippen LogP contribution in [0.15, 0.2) is 29.4 Å². The van der Waals surface area contributed by atoms with E-state index in [4.69, 9.17) is 0 Å². The number of non-ortho nitro benzene ring substituents is 1. The van der Waals surface area contributed by atoms with Gasteiger partial charge in [-0.1, -0.05) is 20.8 Å². The molecule has 1 aromatic carbocycles. The average Bonchev–Trinajstić information content (AvgIpc) is 2.78. The molecule has 2 aliphatic carbocycles. The highest BCUT2D eigenvalue weighted by atomic mass is 16.6. The van der Waals surface area contributed by atoms with Crippen molar-refractivity contribution in [2.24, 2.45) is 21.8 Å². The summed E-state index contributed by atoms with van der Waals surface area (Å²) in [6, 6.07) is 6.01. The molecule has 0 aliphatic heterocycles. The zero-order valence-corrected chi connectivity index (χ0v) is 12.9. The van der Waals surface area contributed by atoms with E-state index in [-0.39, 0.29) is 28.2 Å². The van der Waals surface area contributed by atoms with Crippen LogP contribution in [0.3, 0.4) is 0 Å². The predicted molar refractivity (Wildman–Crippen MR) is 83.8 cm³/mol. The van der Waals surface area contributed by atoms with E-state index in [2.05, 4.69) is 24.4 Å². The van der Waals surface area contributed by atoms with E-state index in [9.17, 15) is 14.9 Å². The van der Waals surface area contributed by atoms with Gasteiger partial charge in [-0.15, -0.1) is 0 Å². The maximum Gasteiger partial charge on any atom is 0.269 e. The lowest BCUT2D eigenvalue weighted by Crippen LogP contribution is -2.33. The molecule has 6 nitrogen and oxygen atoms in total. The number of Topliss-reactive ketones (excluding diaryl/α,β-unsaturated/α-hetero) is 1. The van der Waals surface area contributed by atoms with Gasteiger partial charge >= 0.3 is 0 Å². The number of benzene rings is 1. The summed E-state index contributed by atoms with van der Waals surface area (Å²) in [5, 5.41) is 14.9. The van der Waals surface area contributed by atoms with Crippen LogP contribution < -0.4 is 5.43 Å². The number of hydrogen-bond acceptors (Lipinski definition) is 5. The zero-order chi connectivity index (χ0) is 16.1. The fourth-order valence-electron chi connectivity index (χ4n) is 3.74. The first-order valence-corrected chi connectivity index (χ1v) is 7.40. The van der Waals surface area contributed by atoms with Gasteiger partial charge < -0.3 is 0 Å². The van der Waals surface area contributed by atoms with Crippen LogP contribution in [-0.2, 0) is 4.79 Å². The van der Waals surface area contributed by atoms with Crippen molar-refractivity contribution in [3.63, 3.8) is 0 Å². The maximum atomic E-state index is 12.6. The number of anilines is 1. The normalized spacial score (nSPS) is 30.8. The molecule has 22 heavy (non-hydrogen) atoms. The first kappa shape index (κ1) is 14.7. The third-order valence-electron chi connectivity index (χ3n) is 5.67. The Kier molecular flexibility index (Phi) is 3.09. The zero-order valence-electron chi connectivity index (χ0n) is 12.9. The smallest absolute Gasteiger partial charge is 0.269 e. The quantitative estimate of drug-likeness (QED) is 0.685. The van der Waals surface area contributed by atoms with Crippen molar-refractivity contribution in [3.8, 4) is 0 Å². The van der Waals surface area contributed by atoms with E-state index < -0.39 is 4.92 Å². The number of nitro groups is 1. The van der Waals surface area contributed by atoms with E-state index in [0.29, 0.717) is 11.4 Å². The number of nitrogens with zero attached hydrogens (tertiary/aromatic N) is 2. The Morgan fingerprint density at radius 3 is 2.41 bits per heavy atom. The van der Waals surface area contributed by atoms with Gasteiger partial charge in [-0.2, -0.15) is 5.10 Å². The molecule has 0 spiro atoms. The molecule has 3 rings (SSSR count). The molecule has 0 aromatic heterocycles. The standard InChI is InChI=1S/C16H19N3O3/c1-15(2)12-8-9-16(15,3)14(20)13(12)18-17-10-4-6-11(7-5-10)19(21)22/h4-7,12,17H,8-9H2,1-3H3/b18-13+. The molecule has 2 saturated carbocycles. The second-order valence-electron chi connectivity index (χ2n) is 6.89. The molecule has 0 saturated heterocycles. The molecule has 2 bridgehead atoms. The van der Waals surface area contributed by atoms with Gasteiger partial charge in [0.2, 0.25) is 0 Å². The molecule has 2 unspecified atom stereocenters. The summed E-state index contributed by atoms with van der Waals surface area (Å²) in [7, 11) is 0. The van der Waals surface area contributed by atoms with Gasteiger partial charge in [-0.05, 0) is 30.4 Å². The Hall–Kier alpha value is -2.24. The van der Waals surface area contributed by atoms with Crippen molar-refractivity contribution in [3.05, 3.63) is 34.4 Å². The van der Waals surface area contributed by atoms with Crippen molar-refractivity contribution in [1.29, 1.82) is 0 Å². The van der Waals surface area contributed by atoms with Crippen molar-refractivity contribution in [2.75, 3.05) is 5.43 Å². The third kappa shape index (κ3) is 1.86. The topological polar surface area (TPSA) is 84.6 Å². The molecule has 2 aliphatic rings. The van der Waals surface area contributed by atoms with Crippen LogP contribution in [0.1, 0.15) is 33.6 Å². The Bertz CT molecular complexity index is 678. The second-order valence-corrected chi connectivity index (χ2v) is 6.89. The van der Waals surface area contributed by atoms with E-state index in [1.165, 1.54) is 12.1 Å². The summed E-state index contributed by atoms with van der Waals surface area (Å²) in [6.45, 7) is 6.30. The van der Waals surface area contributed by atoms with Gasteiger partial charge in [0, 0.05) is 23.5 Å². The van der Waals surface area contributed by atoms with Crippen LogP contribution in [0.25, 0.3) is 0 Å². The highest BCUT2D eigenvalue weighted by molar-refractivity contribution is 6.45. The second kappa shape index (κ2) is 4.63. The molecule has 1 N–H and O–H groups in total. The van der Waals surface area contributed by atoms with Crippen LogP contribution in [0.4, 0.5) is 11.4 Å². The number of fused-ring (bicyclic) bond motifs is 2. The molecule has 1 aromatic rings. The fraction of sp³-hybridized carbons (Fsp3) is 0.500. The number of nitro benzene ring substituents is 1. The molecule has 2 fully saturated rings. The van der Waals surface area contributed by atoms with Gasteiger partial charge in [0.05, 0.1) is 10.6 Å². The molecule has 116 valence electrons. The van der Waals surface area contributed by atoms with E-state index in [0.717, 1.165) is 12.8 Å². The fourth-order valence-corrected chi connectivity index (χ4v) is 3.74. The number of hydrazone groups is 1.